The number of alkyl halides is 2. The van der Waals surface area contributed by atoms with Gasteiger partial charge in [-0.05, 0) is 30.3 Å². The minimum atomic E-state index is -4.67. The maximum atomic E-state index is 14.8. The summed E-state index contributed by atoms with van der Waals surface area (Å²) in [5.74, 6) is 1.50. The first-order valence-electron chi connectivity index (χ1n) is 8.41. The van der Waals surface area contributed by atoms with Crippen molar-refractivity contribution in [3.05, 3.63) is 70.5 Å². The van der Waals surface area contributed by atoms with Crippen molar-refractivity contribution in [3.63, 3.8) is 0 Å². The third-order valence-corrected chi connectivity index (χ3v) is 5.37. The summed E-state index contributed by atoms with van der Waals surface area (Å²) in [7, 11) is -4.67. The molecule has 0 unspecified atom stereocenters. The van der Waals surface area contributed by atoms with Gasteiger partial charge in [0.1, 0.15) is 16.5 Å². The quantitative estimate of drug-likeness (QED) is 0.420. The average Bonchev–Trinajstić information content (AvgIpc) is 2.72. The Morgan fingerprint density at radius 1 is 1.09 bits per heavy atom. The number of anilines is 2. The van der Waals surface area contributed by atoms with Crippen LogP contribution in [0, 0.1) is 23.5 Å². The van der Waals surface area contributed by atoms with Crippen LogP contribution in [0.15, 0.2) is 47.6 Å². The third-order valence-electron chi connectivity index (χ3n) is 3.75. The van der Waals surface area contributed by atoms with Gasteiger partial charge in [0.2, 0.25) is 5.95 Å². The summed E-state index contributed by atoms with van der Waals surface area (Å²) in [5, 5.41) is -0.108. The Morgan fingerprint density at radius 3 is 2.44 bits per heavy atom. The number of aromatic nitrogens is 2. The molecule has 1 aromatic heterocycles. The Kier molecular flexibility index (Phi) is 6.71. The fourth-order valence-corrected chi connectivity index (χ4v) is 3.83. The van der Waals surface area contributed by atoms with Crippen molar-refractivity contribution in [2.75, 3.05) is 10.5 Å². The smallest absolute Gasteiger partial charge is 0.387 e. The number of benzene rings is 2. The van der Waals surface area contributed by atoms with Crippen molar-refractivity contribution in [3.8, 4) is 17.6 Å². The van der Waals surface area contributed by atoms with E-state index in [1.807, 2.05) is 4.72 Å². The Labute approximate surface area is 184 Å². The van der Waals surface area contributed by atoms with E-state index in [-0.39, 0.29) is 16.5 Å². The van der Waals surface area contributed by atoms with Gasteiger partial charge in [-0.2, -0.15) is 8.78 Å². The largest absolute Gasteiger partial charge is 0.433 e. The highest BCUT2D eigenvalue weighted by Gasteiger charge is 2.24. The van der Waals surface area contributed by atoms with Crippen LogP contribution in [0.25, 0.3) is 0 Å². The number of halogens is 5. The molecule has 1 heterocycles. The molecule has 0 saturated heterocycles. The van der Waals surface area contributed by atoms with Gasteiger partial charge in [-0.15, -0.1) is 0 Å². The van der Waals surface area contributed by atoms with Gasteiger partial charge in [0.25, 0.3) is 10.0 Å². The molecule has 0 spiro atoms. The lowest BCUT2D eigenvalue weighted by atomic mass is 10.1. The minimum Gasteiger partial charge on any atom is -0.433 e. The number of rotatable bonds is 5. The molecule has 0 aliphatic carbocycles. The minimum absolute atomic E-state index is 0.0273. The molecule has 0 bridgehead atoms. The van der Waals surface area contributed by atoms with Crippen molar-refractivity contribution < 1.29 is 30.7 Å². The molecule has 32 heavy (non-hydrogen) atoms. The van der Waals surface area contributed by atoms with E-state index in [2.05, 4.69) is 26.5 Å². The molecule has 0 aliphatic rings. The van der Waals surface area contributed by atoms with Gasteiger partial charge >= 0.3 is 6.61 Å². The van der Waals surface area contributed by atoms with Crippen LogP contribution in [-0.2, 0) is 10.0 Å². The molecule has 7 nitrogen and oxygen atoms in total. The van der Waals surface area contributed by atoms with Gasteiger partial charge in [-0.1, -0.05) is 23.4 Å². The van der Waals surface area contributed by atoms with Crippen molar-refractivity contribution in [1.82, 2.24) is 9.97 Å². The molecular formula is C19H11ClF4N4O3S. The van der Waals surface area contributed by atoms with Crippen LogP contribution in [-0.4, -0.2) is 25.0 Å². The fourth-order valence-electron chi connectivity index (χ4n) is 2.37. The zero-order valence-corrected chi connectivity index (χ0v) is 17.2. The number of hydrogen-bond acceptors (Lipinski definition) is 6. The van der Waals surface area contributed by atoms with Crippen molar-refractivity contribution >= 4 is 33.3 Å². The summed E-state index contributed by atoms with van der Waals surface area (Å²) in [6, 6.07) is 4.46. The van der Waals surface area contributed by atoms with Crippen LogP contribution in [0.3, 0.4) is 0 Å². The lowest BCUT2D eigenvalue weighted by Gasteiger charge is -2.14. The summed E-state index contributed by atoms with van der Waals surface area (Å²) in [6.07, 6.45) is 2.45. The average molecular weight is 487 g/mol. The fraction of sp³-hybridized carbons (Fsp3) is 0.0526. The number of ether oxygens (including phenoxy) is 1. The SMILES string of the molecule is Nc1ncc(C#Cc2c(F)ccc(NS(=O)(=O)c3cc(Cl)ccc3OC(F)F)c2F)cn1. The third kappa shape index (κ3) is 5.37. The van der Waals surface area contributed by atoms with E-state index >= 15 is 0 Å². The van der Waals surface area contributed by atoms with E-state index in [0.29, 0.717) is 0 Å². The van der Waals surface area contributed by atoms with E-state index < -0.39 is 50.2 Å². The zero-order valence-electron chi connectivity index (χ0n) is 15.6. The molecule has 2 aromatic carbocycles. The van der Waals surface area contributed by atoms with Gasteiger partial charge < -0.3 is 10.5 Å². The van der Waals surface area contributed by atoms with Crippen molar-refractivity contribution in [2.45, 2.75) is 11.5 Å². The molecule has 3 rings (SSSR count). The lowest BCUT2D eigenvalue weighted by Crippen LogP contribution is -2.17. The normalized spacial score (nSPS) is 11.1. The number of hydrogen-bond donors (Lipinski definition) is 2. The van der Waals surface area contributed by atoms with Gasteiger partial charge in [0, 0.05) is 17.4 Å². The number of nitrogens with one attached hydrogen (secondary N) is 1. The van der Waals surface area contributed by atoms with Crippen molar-refractivity contribution in [1.29, 1.82) is 0 Å². The monoisotopic (exact) mass is 486 g/mol. The van der Waals surface area contributed by atoms with Crippen LogP contribution >= 0.6 is 11.6 Å². The predicted molar refractivity (Wildman–Crippen MR) is 108 cm³/mol. The molecule has 0 atom stereocenters. The second-order valence-corrected chi connectivity index (χ2v) is 8.03. The maximum Gasteiger partial charge on any atom is 0.387 e. The molecule has 0 fully saturated rings. The Hall–Kier alpha value is -3.56. The van der Waals surface area contributed by atoms with Crippen molar-refractivity contribution in [2.24, 2.45) is 0 Å². The molecule has 0 saturated carbocycles. The molecule has 3 aromatic rings. The van der Waals surface area contributed by atoms with Crippen LogP contribution < -0.4 is 15.2 Å². The highest BCUT2D eigenvalue weighted by molar-refractivity contribution is 7.92. The Morgan fingerprint density at radius 2 is 1.78 bits per heavy atom. The second kappa shape index (κ2) is 9.29. The van der Waals surface area contributed by atoms with Gasteiger partial charge in [-0.25, -0.2) is 27.2 Å². The second-order valence-electron chi connectivity index (χ2n) is 5.94. The summed E-state index contributed by atoms with van der Waals surface area (Å²) >= 11 is 5.75. The highest BCUT2D eigenvalue weighted by atomic mass is 35.5. The van der Waals surface area contributed by atoms with Gasteiger partial charge in [0.05, 0.1) is 16.8 Å². The number of nitrogens with two attached hydrogens (primary N) is 1. The van der Waals surface area contributed by atoms with Gasteiger partial charge in [0.15, 0.2) is 5.82 Å². The number of nitrogens with zero attached hydrogens (tertiary/aromatic N) is 2. The molecule has 0 aliphatic heterocycles. The van der Waals surface area contributed by atoms with Crippen LogP contribution in [0.1, 0.15) is 11.1 Å². The Balaban J connectivity index is 1.99. The summed E-state index contributed by atoms with van der Waals surface area (Å²) < 4.78 is 85.6. The van der Waals surface area contributed by atoms with E-state index in [9.17, 15) is 26.0 Å². The van der Waals surface area contributed by atoms with E-state index in [1.165, 1.54) is 12.4 Å². The molecule has 0 radical (unpaired) electrons. The standard InChI is InChI=1S/C19H11ClF4N4O3S/c20-11-2-6-15(31-18(23)24)16(7-11)32(29,30)28-14-5-4-13(21)12(17(14)22)3-1-10-8-26-19(25)27-9-10/h2,4-9,18,28H,(H2,25,26,27). The lowest BCUT2D eigenvalue weighted by molar-refractivity contribution is -0.0517. The molecular weight excluding hydrogens is 476 g/mol. The molecule has 13 heteroatoms. The number of sulfonamides is 1. The topological polar surface area (TPSA) is 107 Å². The first-order valence-corrected chi connectivity index (χ1v) is 10.3. The van der Waals surface area contributed by atoms with Gasteiger partial charge in [-0.3, -0.25) is 4.72 Å². The predicted octanol–water partition coefficient (Wildman–Crippen LogP) is 3.79. The van der Waals surface area contributed by atoms with E-state index in [0.717, 1.165) is 30.3 Å². The molecule has 0 amide bonds. The summed E-state index contributed by atoms with van der Waals surface area (Å²) in [5.41, 5.74) is 4.09. The maximum absolute atomic E-state index is 14.8. The summed E-state index contributed by atoms with van der Waals surface area (Å²) in [4.78, 5) is 6.58. The zero-order chi connectivity index (χ0) is 23.5. The number of nitrogen functional groups attached to an aromatic ring is 1. The first kappa shape index (κ1) is 23.1. The Bertz CT molecular complexity index is 1330. The first-order chi connectivity index (χ1) is 15.1. The highest BCUT2D eigenvalue weighted by Crippen LogP contribution is 2.31. The van der Waals surface area contributed by atoms with Crippen LogP contribution in [0.5, 0.6) is 5.75 Å². The van der Waals surface area contributed by atoms with Crippen LogP contribution in [0.4, 0.5) is 29.2 Å². The van der Waals surface area contributed by atoms with E-state index in [1.54, 1.807) is 0 Å². The molecule has 3 N–H and O–H groups in total. The summed E-state index contributed by atoms with van der Waals surface area (Å²) in [6.45, 7) is -3.33. The van der Waals surface area contributed by atoms with Crippen LogP contribution in [0.2, 0.25) is 5.02 Å². The van der Waals surface area contributed by atoms with E-state index in [4.69, 9.17) is 17.3 Å². The molecule has 166 valence electrons.